The van der Waals surface area contributed by atoms with Crippen molar-refractivity contribution in [2.45, 2.75) is 13.0 Å². The highest BCUT2D eigenvalue weighted by Crippen LogP contribution is 2.23. The molecule has 0 bridgehead atoms. The third-order valence-electron chi connectivity index (χ3n) is 3.72. The molecule has 3 aromatic rings. The van der Waals surface area contributed by atoms with E-state index in [0.717, 1.165) is 10.0 Å². The van der Waals surface area contributed by atoms with E-state index >= 15 is 0 Å². The van der Waals surface area contributed by atoms with Gasteiger partial charge in [-0.1, -0.05) is 34.1 Å². The van der Waals surface area contributed by atoms with E-state index in [4.69, 9.17) is 12.2 Å². The fourth-order valence-corrected chi connectivity index (χ4v) is 3.33. The first-order valence-corrected chi connectivity index (χ1v) is 8.47. The molecule has 5 nitrogen and oxygen atoms in total. The summed E-state index contributed by atoms with van der Waals surface area (Å²) in [6, 6.07) is 12.4. The molecule has 0 spiro atoms. The maximum atomic E-state index is 12.5. The average molecular weight is 404 g/mol. The highest BCUT2D eigenvalue weighted by atomic mass is 79.9. The quantitative estimate of drug-likeness (QED) is 0.581. The topological polar surface area (TPSA) is 77.8 Å². The fraction of sp³-hybridized carbons (Fsp3) is 0.118. The molecule has 0 unspecified atom stereocenters. The maximum absolute atomic E-state index is 12.5. The normalized spacial score (nSPS) is 12.1. The Morgan fingerprint density at radius 2 is 1.96 bits per heavy atom. The number of benzene rings is 2. The number of hydrogen-bond acceptors (Lipinski definition) is 3. The molecular formula is C17H14BrN3O2S. The van der Waals surface area contributed by atoms with Gasteiger partial charge in [0.05, 0.1) is 16.9 Å². The molecule has 1 aromatic heterocycles. The Labute approximate surface area is 151 Å². The van der Waals surface area contributed by atoms with Gasteiger partial charge < -0.3 is 10.3 Å². The zero-order valence-electron chi connectivity index (χ0n) is 12.7. The first kappa shape index (κ1) is 16.6. The lowest BCUT2D eigenvalue weighted by atomic mass is 10.1. The zero-order valence-corrected chi connectivity index (χ0v) is 15.1. The summed E-state index contributed by atoms with van der Waals surface area (Å²) in [5.74, 6) is -0.222. The predicted molar refractivity (Wildman–Crippen MR) is 99.8 cm³/mol. The predicted octanol–water partition coefficient (Wildman–Crippen LogP) is 3.84. The van der Waals surface area contributed by atoms with Crippen LogP contribution in [0, 0.1) is 4.77 Å². The molecule has 3 rings (SSSR count). The van der Waals surface area contributed by atoms with Crippen molar-refractivity contribution in [3.8, 4) is 0 Å². The van der Waals surface area contributed by atoms with Gasteiger partial charge in [-0.3, -0.25) is 14.6 Å². The van der Waals surface area contributed by atoms with Gasteiger partial charge in [0.2, 0.25) is 0 Å². The summed E-state index contributed by atoms with van der Waals surface area (Å²) < 4.78 is 1.17. The molecule has 122 valence electrons. The van der Waals surface area contributed by atoms with Crippen molar-refractivity contribution in [2.24, 2.45) is 0 Å². The number of rotatable bonds is 3. The number of carbonyl (C=O) groups is 1. The third-order valence-corrected chi connectivity index (χ3v) is 4.65. The van der Waals surface area contributed by atoms with Crippen LogP contribution in [0.25, 0.3) is 10.9 Å². The van der Waals surface area contributed by atoms with Gasteiger partial charge in [0.1, 0.15) is 0 Å². The standard InChI is InChI=1S/C17H14BrN3O2S/c1-9(11-4-2-3-5-13(11)18)19-15(22)10-6-7-12-14(8-10)20-17(24)21-16(12)23/h2-9H,1H3,(H,19,22)(H2,20,21,23,24)/t9-/m1/s1. The number of aromatic nitrogens is 2. The van der Waals surface area contributed by atoms with Gasteiger partial charge in [-0.25, -0.2) is 0 Å². The minimum atomic E-state index is -0.276. The molecule has 3 N–H and O–H groups in total. The van der Waals surface area contributed by atoms with Crippen molar-refractivity contribution in [3.63, 3.8) is 0 Å². The van der Waals surface area contributed by atoms with Gasteiger partial charge in [-0.2, -0.15) is 0 Å². The SMILES string of the molecule is C[C@@H](NC(=O)c1ccc2c(=O)[nH]c(=S)[nH]c2c1)c1ccccc1Br. The summed E-state index contributed by atoms with van der Waals surface area (Å²) in [5, 5.41) is 3.41. The number of aromatic amines is 2. The second kappa shape index (κ2) is 6.70. The minimum Gasteiger partial charge on any atom is -0.345 e. The summed E-state index contributed by atoms with van der Waals surface area (Å²) in [6.07, 6.45) is 0. The Kier molecular flexibility index (Phi) is 4.64. The highest BCUT2D eigenvalue weighted by molar-refractivity contribution is 9.10. The molecule has 0 saturated carbocycles. The van der Waals surface area contributed by atoms with Crippen LogP contribution in [-0.4, -0.2) is 15.9 Å². The van der Waals surface area contributed by atoms with Gasteiger partial charge in [-0.15, -0.1) is 0 Å². The molecule has 1 heterocycles. The van der Waals surface area contributed by atoms with Crippen molar-refractivity contribution < 1.29 is 4.79 Å². The number of hydrogen-bond donors (Lipinski definition) is 3. The Balaban J connectivity index is 1.90. The molecule has 0 aliphatic heterocycles. The van der Waals surface area contributed by atoms with Gasteiger partial charge in [0, 0.05) is 10.0 Å². The Hall–Kier alpha value is -2.25. The second-order valence-electron chi connectivity index (χ2n) is 5.39. The summed E-state index contributed by atoms with van der Waals surface area (Å²) >= 11 is 8.45. The van der Waals surface area contributed by atoms with E-state index in [1.807, 2.05) is 31.2 Å². The van der Waals surface area contributed by atoms with Crippen LogP contribution in [0.3, 0.4) is 0 Å². The van der Waals surface area contributed by atoms with Crippen molar-refractivity contribution >= 4 is 45.0 Å². The number of nitrogens with one attached hydrogen (secondary N) is 3. The van der Waals surface area contributed by atoms with E-state index in [9.17, 15) is 9.59 Å². The zero-order chi connectivity index (χ0) is 17.3. The molecule has 2 aromatic carbocycles. The second-order valence-corrected chi connectivity index (χ2v) is 6.65. The van der Waals surface area contributed by atoms with Crippen LogP contribution >= 0.6 is 28.1 Å². The van der Waals surface area contributed by atoms with E-state index in [1.165, 1.54) is 0 Å². The molecule has 1 atom stereocenters. The van der Waals surface area contributed by atoms with E-state index < -0.39 is 0 Å². The highest BCUT2D eigenvalue weighted by Gasteiger charge is 2.14. The summed E-state index contributed by atoms with van der Waals surface area (Å²) in [4.78, 5) is 29.7. The van der Waals surface area contributed by atoms with E-state index in [-0.39, 0.29) is 22.3 Å². The minimum absolute atomic E-state index is 0.165. The molecular weight excluding hydrogens is 390 g/mol. The number of H-pyrrole nitrogens is 2. The first-order valence-electron chi connectivity index (χ1n) is 7.27. The van der Waals surface area contributed by atoms with Crippen LogP contribution in [0.2, 0.25) is 0 Å². The van der Waals surface area contributed by atoms with Crippen LogP contribution < -0.4 is 10.9 Å². The molecule has 7 heteroatoms. The molecule has 0 aliphatic carbocycles. The average Bonchev–Trinajstić information content (AvgIpc) is 2.54. The van der Waals surface area contributed by atoms with Gasteiger partial charge in [-0.05, 0) is 49.0 Å². The van der Waals surface area contributed by atoms with Crippen molar-refractivity contribution in [2.75, 3.05) is 0 Å². The van der Waals surface area contributed by atoms with Crippen molar-refractivity contribution in [3.05, 3.63) is 73.2 Å². The van der Waals surface area contributed by atoms with Gasteiger partial charge >= 0.3 is 0 Å². The smallest absolute Gasteiger partial charge is 0.259 e. The van der Waals surface area contributed by atoms with Crippen molar-refractivity contribution in [1.82, 2.24) is 15.3 Å². The molecule has 24 heavy (non-hydrogen) atoms. The number of amides is 1. The third kappa shape index (κ3) is 3.32. The summed E-state index contributed by atoms with van der Waals surface area (Å²) in [7, 11) is 0. The lowest BCUT2D eigenvalue weighted by Gasteiger charge is -2.16. The monoisotopic (exact) mass is 403 g/mol. The lowest BCUT2D eigenvalue weighted by Crippen LogP contribution is -2.27. The summed E-state index contributed by atoms with van der Waals surface area (Å²) in [6.45, 7) is 1.91. The first-order chi connectivity index (χ1) is 11.5. The molecule has 1 amide bonds. The van der Waals surface area contributed by atoms with Crippen LogP contribution in [0.15, 0.2) is 51.7 Å². The Morgan fingerprint density at radius 1 is 1.21 bits per heavy atom. The Bertz CT molecular complexity index is 1040. The van der Waals surface area contributed by atoms with Gasteiger partial charge in [0.25, 0.3) is 11.5 Å². The molecule has 0 fully saturated rings. The summed E-state index contributed by atoms with van der Waals surface area (Å²) in [5.41, 5.74) is 1.70. The largest absolute Gasteiger partial charge is 0.345 e. The van der Waals surface area contributed by atoms with Crippen LogP contribution in [0.4, 0.5) is 0 Å². The molecule has 0 radical (unpaired) electrons. The fourth-order valence-electron chi connectivity index (χ4n) is 2.49. The number of halogens is 1. The number of fused-ring (bicyclic) bond motifs is 1. The van der Waals surface area contributed by atoms with Crippen molar-refractivity contribution in [1.29, 1.82) is 0 Å². The van der Waals surface area contributed by atoms with E-state index in [2.05, 4.69) is 31.2 Å². The Morgan fingerprint density at radius 3 is 2.71 bits per heavy atom. The lowest BCUT2D eigenvalue weighted by molar-refractivity contribution is 0.0940. The van der Waals surface area contributed by atoms with Gasteiger partial charge in [0.15, 0.2) is 4.77 Å². The molecule has 0 saturated heterocycles. The van der Waals surface area contributed by atoms with Crippen LogP contribution in [0.1, 0.15) is 28.9 Å². The van der Waals surface area contributed by atoms with E-state index in [0.29, 0.717) is 16.5 Å². The van der Waals surface area contributed by atoms with Crippen LogP contribution in [0.5, 0.6) is 0 Å². The number of carbonyl (C=O) groups excluding carboxylic acids is 1. The van der Waals surface area contributed by atoms with E-state index in [1.54, 1.807) is 18.2 Å². The molecule has 0 aliphatic rings. The maximum Gasteiger partial charge on any atom is 0.259 e. The van der Waals surface area contributed by atoms with Crippen LogP contribution in [-0.2, 0) is 0 Å².